The number of para-hydroxylation sites is 1. The van der Waals surface area contributed by atoms with Crippen LogP contribution in [-0.4, -0.2) is 28.0 Å². The van der Waals surface area contributed by atoms with Crippen LogP contribution in [0.15, 0.2) is 18.2 Å². The second-order valence-electron chi connectivity index (χ2n) is 6.29. The van der Waals surface area contributed by atoms with E-state index in [1.165, 1.54) is 11.3 Å². The molecule has 0 atom stereocenters. The number of fused-ring (bicyclic) bond motifs is 1. The van der Waals surface area contributed by atoms with Crippen molar-refractivity contribution >= 4 is 38.6 Å². The van der Waals surface area contributed by atoms with Crippen molar-refractivity contribution in [2.45, 2.75) is 41.2 Å². The lowest BCUT2D eigenvalue weighted by atomic mass is 10.1. The summed E-state index contributed by atoms with van der Waals surface area (Å²) in [7, 11) is 0. The second-order valence-corrected chi connectivity index (χ2v) is 7.32. The Morgan fingerprint density at radius 2 is 1.96 bits per heavy atom. The molecule has 0 aliphatic rings. The number of aryl methyl sites for hydroxylation is 1. The Bertz CT molecular complexity index is 1030. The summed E-state index contributed by atoms with van der Waals surface area (Å²) in [6.07, 6.45) is 0. The van der Waals surface area contributed by atoms with Gasteiger partial charge in [-0.15, -0.1) is 0 Å². The average molecular weight is 385 g/mol. The molecule has 2 aromatic heterocycles. The summed E-state index contributed by atoms with van der Waals surface area (Å²) in [6, 6.07) is 5.95. The van der Waals surface area contributed by atoms with Crippen molar-refractivity contribution in [3.63, 3.8) is 0 Å². The van der Waals surface area contributed by atoms with Gasteiger partial charge in [0.05, 0.1) is 22.4 Å². The van der Waals surface area contributed by atoms with Gasteiger partial charge in [-0.2, -0.15) is 0 Å². The van der Waals surface area contributed by atoms with E-state index in [-0.39, 0.29) is 5.91 Å². The van der Waals surface area contributed by atoms with Crippen LogP contribution in [-0.2, 0) is 11.3 Å². The van der Waals surface area contributed by atoms with Gasteiger partial charge < -0.3 is 9.30 Å². The van der Waals surface area contributed by atoms with Gasteiger partial charge in [0, 0.05) is 12.2 Å². The highest BCUT2D eigenvalue weighted by Gasteiger charge is 2.27. The molecular formula is C20H23N3O3S. The first-order valence-corrected chi connectivity index (χ1v) is 9.74. The van der Waals surface area contributed by atoms with Gasteiger partial charge in [-0.25, -0.2) is 9.78 Å². The molecule has 3 rings (SSSR count). The number of hydrogen-bond donors (Lipinski definition) is 1. The third-order valence-corrected chi connectivity index (χ3v) is 5.56. The lowest BCUT2D eigenvalue weighted by molar-refractivity contribution is 0.0512. The molecule has 0 saturated heterocycles. The number of rotatable bonds is 5. The number of benzene rings is 1. The molecule has 2 heterocycles. The van der Waals surface area contributed by atoms with Crippen LogP contribution in [0, 0.1) is 20.8 Å². The van der Waals surface area contributed by atoms with Crippen LogP contribution < -0.4 is 5.32 Å². The second kappa shape index (κ2) is 7.52. The lowest BCUT2D eigenvalue weighted by Crippen LogP contribution is -2.14. The van der Waals surface area contributed by atoms with Gasteiger partial charge in [-0.3, -0.25) is 10.1 Å². The SMILES string of the molecule is CCOC(=O)c1c(C)c(C(=O)Nc2nc3c(C)cccc3s2)c(C)n1CC. The van der Waals surface area contributed by atoms with Crippen molar-refractivity contribution in [3.05, 3.63) is 46.3 Å². The number of hydrogen-bond acceptors (Lipinski definition) is 5. The monoisotopic (exact) mass is 385 g/mol. The van der Waals surface area contributed by atoms with Crippen molar-refractivity contribution in [3.8, 4) is 0 Å². The minimum absolute atomic E-state index is 0.264. The van der Waals surface area contributed by atoms with Gasteiger partial charge in [-0.1, -0.05) is 23.5 Å². The smallest absolute Gasteiger partial charge is 0.355 e. The third kappa shape index (κ3) is 3.35. The van der Waals surface area contributed by atoms with Crippen molar-refractivity contribution < 1.29 is 14.3 Å². The fourth-order valence-corrected chi connectivity index (χ4v) is 4.33. The summed E-state index contributed by atoms with van der Waals surface area (Å²) >= 11 is 1.44. The Labute approximate surface area is 162 Å². The molecule has 0 radical (unpaired) electrons. The molecule has 7 heteroatoms. The Hall–Kier alpha value is -2.67. The molecule has 0 fully saturated rings. The molecule has 27 heavy (non-hydrogen) atoms. The van der Waals surface area contributed by atoms with Crippen LogP contribution in [0.3, 0.4) is 0 Å². The zero-order valence-electron chi connectivity index (χ0n) is 16.2. The van der Waals surface area contributed by atoms with Crippen molar-refractivity contribution in [1.29, 1.82) is 0 Å². The summed E-state index contributed by atoms with van der Waals surface area (Å²) in [5, 5.41) is 3.44. The van der Waals surface area contributed by atoms with Crippen LogP contribution in [0.25, 0.3) is 10.2 Å². The Balaban J connectivity index is 1.98. The Kier molecular flexibility index (Phi) is 5.32. The third-order valence-electron chi connectivity index (χ3n) is 4.62. The van der Waals surface area contributed by atoms with E-state index in [1.54, 1.807) is 13.8 Å². The van der Waals surface area contributed by atoms with E-state index in [9.17, 15) is 9.59 Å². The van der Waals surface area contributed by atoms with E-state index in [2.05, 4.69) is 10.3 Å². The first-order chi connectivity index (χ1) is 12.9. The number of ether oxygens (including phenoxy) is 1. The topological polar surface area (TPSA) is 73.2 Å². The summed E-state index contributed by atoms with van der Waals surface area (Å²) in [5.74, 6) is -0.672. The molecule has 0 bridgehead atoms. The summed E-state index contributed by atoms with van der Waals surface area (Å²) < 4.78 is 8.02. The van der Waals surface area contributed by atoms with E-state index >= 15 is 0 Å². The average Bonchev–Trinajstić information content (AvgIpc) is 3.13. The van der Waals surface area contributed by atoms with E-state index in [4.69, 9.17) is 4.74 Å². The number of amides is 1. The number of carbonyl (C=O) groups is 2. The number of nitrogens with zero attached hydrogens (tertiary/aromatic N) is 2. The quantitative estimate of drug-likeness (QED) is 0.658. The number of anilines is 1. The fourth-order valence-electron chi connectivity index (χ4n) is 3.39. The van der Waals surface area contributed by atoms with Gasteiger partial charge >= 0.3 is 5.97 Å². The highest BCUT2D eigenvalue weighted by Crippen LogP contribution is 2.29. The first kappa shape index (κ1) is 19.1. The molecule has 3 aromatic rings. The van der Waals surface area contributed by atoms with Crippen LogP contribution in [0.2, 0.25) is 0 Å². The maximum atomic E-state index is 13.0. The molecule has 1 aromatic carbocycles. The minimum atomic E-state index is -0.408. The molecule has 1 N–H and O–H groups in total. The van der Waals surface area contributed by atoms with Crippen LogP contribution >= 0.6 is 11.3 Å². The predicted octanol–water partition coefficient (Wildman–Crippen LogP) is 4.47. The largest absolute Gasteiger partial charge is 0.461 e. The molecule has 0 unspecified atom stereocenters. The summed E-state index contributed by atoms with van der Waals surface area (Å²) in [4.78, 5) is 29.9. The van der Waals surface area contributed by atoms with E-state index in [1.807, 2.05) is 43.5 Å². The molecule has 0 spiro atoms. The van der Waals surface area contributed by atoms with Gasteiger partial charge in [0.15, 0.2) is 5.13 Å². The maximum absolute atomic E-state index is 13.0. The van der Waals surface area contributed by atoms with E-state index in [0.717, 1.165) is 21.5 Å². The molecule has 0 aliphatic heterocycles. The van der Waals surface area contributed by atoms with Crippen molar-refractivity contribution in [2.24, 2.45) is 0 Å². The number of esters is 1. The predicted molar refractivity (Wildman–Crippen MR) is 108 cm³/mol. The van der Waals surface area contributed by atoms with Crippen molar-refractivity contribution in [2.75, 3.05) is 11.9 Å². The highest BCUT2D eigenvalue weighted by molar-refractivity contribution is 7.22. The summed E-state index contributed by atoms with van der Waals surface area (Å²) in [6.45, 7) is 10.2. The fraction of sp³-hybridized carbons (Fsp3) is 0.350. The van der Waals surface area contributed by atoms with Gasteiger partial charge in [0.25, 0.3) is 5.91 Å². The van der Waals surface area contributed by atoms with Crippen LogP contribution in [0.1, 0.15) is 51.5 Å². The Morgan fingerprint density at radius 3 is 2.59 bits per heavy atom. The lowest BCUT2D eigenvalue weighted by Gasteiger charge is -2.08. The molecular weight excluding hydrogens is 362 g/mol. The minimum Gasteiger partial charge on any atom is -0.461 e. The number of nitrogens with one attached hydrogen (secondary N) is 1. The molecule has 0 saturated carbocycles. The van der Waals surface area contributed by atoms with Gasteiger partial charge in [0.1, 0.15) is 5.69 Å². The molecule has 6 nitrogen and oxygen atoms in total. The first-order valence-electron chi connectivity index (χ1n) is 8.93. The number of carbonyl (C=O) groups excluding carboxylic acids is 2. The van der Waals surface area contributed by atoms with Crippen LogP contribution in [0.4, 0.5) is 5.13 Å². The zero-order valence-corrected chi connectivity index (χ0v) is 17.0. The number of thiazole rings is 1. The number of aromatic nitrogens is 2. The van der Waals surface area contributed by atoms with Crippen molar-refractivity contribution in [1.82, 2.24) is 9.55 Å². The summed E-state index contributed by atoms with van der Waals surface area (Å²) in [5.41, 5.74) is 4.26. The van der Waals surface area contributed by atoms with E-state index in [0.29, 0.717) is 35.1 Å². The molecule has 142 valence electrons. The van der Waals surface area contributed by atoms with Crippen LogP contribution in [0.5, 0.6) is 0 Å². The zero-order chi connectivity index (χ0) is 19.7. The Morgan fingerprint density at radius 1 is 1.22 bits per heavy atom. The normalized spacial score (nSPS) is 11.0. The van der Waals surface area contributed by atoms with Gasteiger partial charge in [-0.05, 0) is 51.8 Å². The molecule has 1 amide bonds. The highest BCUT2D eigenvalue weighted by atomic mass is 32.1. The standard InChI is InChI=1S/C20H23N3O3S/c1-6-23-13(5)15(12(4)17(23)19(25)26-7-2)18(24)22-20-21-16-11(3)9-8-10-14(16)27-20/h8-10H,6-7H2,1-5H3,(H,21,22,24). The molecule has 0 aliphatic carbocycles. The van der Waals surface area contributed by atoms with Gasteiger partial charge in [0.2, 0.25) is 0 Å². The maximum Gasteiger partial charge on any atom is 0.355 e. The van der Waals surface area contributed by atoms with E-state index < -0.39 is 5.97 Å².